The third-order valence-corrected chi connectivity index (χ3v) is 5.26. The minimum Gasteiger partial charge on any atom is -0.354 e. The zero-order valence-electron chi connectivity index (χ0n) is 8.76. The second-order valence-corrected chi connectivity index (χ2v) is 6.88. The molecule has 0 unspecified atom stereocenters. The Hall–Kier alpha value is -0.0600. The number of halogens is 2. The number of hydrogen-bond acceptors (Lipinski definition) is 2. The topological polar surface area (TPSA) is 29.1 Å². The molecule has 0 bridgehead atoms. The van der Waals surface area contributed by atoms with E-state index in [0.29, 0.717) is 6.54 Å². The first-order valence-corrected chi connectivity index (χ1v) is 7.39. The molecule has 5 heteroatoms. The fourth-order valence-corrected chi connectivity index (χ4v) is 3.75. The molecule has 88 valence electrons. The molecule has 16 heavy (non-hydrogen) atoms. The summed E-state index contributed by atoms with van der Waals surface area (Å²) in [6.07, 6.45) is 3.55. The Morgan fingerprint density at radius 2 is 2.31 bits per heavy atom. The van der Waals surface area contributed by atoms with E-state index in [-0.39, 0.29) is 17.2 Å². The Bertz CT molecular complexity index is 389. The number of nitrogens with one attached hydrogen (secondary N) is 1. The van der Waals surface area contributed by atoms with E-state index in [1.165, 1.54) is 11.3 Å². The van der Waals surface area contributed by atoms with Crippen LogP contribution in [0.2, 0.25) is 0 Å². The van der Waals surface area contributed by atoms with E-state index >= 15 is 0 Å². The molecule has 1 aliphatic rings. The summed E-state index contributed by atoms with van der Waals surface area (Å²) in [4.78, 5) is 12.5. The van der Waals surface area contributed by atoms with Gasteiger partial charge in [0.2, 0.25) is 5.91 Å². The lowest BCUT2D eigenvalue weighted by molar-refractivity contribution is -0.119. The van der Waals surface area contributed by atoms with E-state index in [2.05, 4.69) is 33.4 Å². The van der Waals surface area contributed by atoms with E-state index in [9.17, 15) is 4.79 Å². The fraction of sp³-hybridized carbons (Fsp3) is 0.545. The summed E-state index contributed by atoms with van der Waals surface area (Å²) in [6, 6.07) is 4.23. The van der Waals surface area contributed by atoms with Crippen LogP contribution in [0.3, 0.4) is 0 Å². The van der Waals surface area contributed by atoms with Crippen molar-refractivity contribution in [3.63, 3.8) is 0 Å². The van der Waals surface area contributed by atoms with Crippen molar-refractivity contribution >= 4 is 44.8 Å². The quantitative estimate of drug-likeness (QED) is 0.847. The lowest BCUT2D eigenvalue weighted by Gasteiger charge is -2.41. The Labute approximate surface area is 113 Å². The van der Waals surface area contributed by atoms with Gasteiger partial charge in [0.25, 0.3) is 0 Å². The predicted octanol–water partition coefficient (Wildman–Crippen LogP) is 3.29. The molecule has 1 heterocycles. The number of carbonyl (C=O) groups excluding carboxylic acids is 1. The first kappa shape index (κ1) is 12.4. The number of amides is 1. The van der Waals surface area contributed by atoms with Crippen LogP contribution in [0.1, 0.15) is 24.1 Å². The van der Waals surface area contributed by atoms with Gasteiger partial charge in [-0.15, -0.1) is 22.9 Å². The average molecular weight is 323 g/mol. The molecule has 1 N–H and O–H groups in total. The predicted molar refractivity (Wildman–Crippen MR) is 71.3 cm³/mol. The van der Waals surface area contributed by atoms with Gasteiger partial charge in [-0.05, 0) is 40.9 Å². The van der Waals surface area contributed by atoms with Crippen LogP contribution in [0.15, 0.2) is 15.9 Å². The standard InChI is InChI=1S/C11H13BrClNOS/c12-9-3-2-8(16-9)11(4-1-5-11)7-14-10(15)6-13/h2-3H,1,4-7H2,(H,14,15). The van der Waals surface area contributed by atoms with Crippen LogP contribution in [-0.4, -0.2) is 18.3 Å². The SMILES string of the molecule is O=C(CCl)NCC1(c2ccc(Br)s2)CCC1. The van der Waals surface area contributed by atoms with Crippen molar-refractivity contribution in [1.29, 1.82) is 0 Å². The van der Waals surface area contributed by atoms with Crippen molar-refractivity contribution in [2.45, 2.75) is 24.7 Å². The van der Waals surface area contributed by atoms with Crippen LogP contribution < -0.4 is 5.32 Å². The highest BCUT2D eigenvalue weighted by molar-refractivity contribution is 9.11. The van der Waals surface area contributed by atoms with Crippen molar-refractivity contribution in [2.75, 3.05) is 12.4 Å². The molecule has 1 saturated carbocycles. The molecule has 0 saturated heterocycles. The summed E-state index contributed by atoms with van der Waals surface area (Å²) >= 11 is 10.7. The Kier molecular flexibility index (Phi) is 3.93. The number of rotatable bonds is 4. The molecule has 1 amide bonds. The van der Waals surface area contributed by atoms with Gasteiger partial charge in [-0.25, -0.2) is 0 Å². The summed E-state index contributed by atoms with van der Waals surface area (Å²) in [5, 5.41) is 2.90. The van der Waals surface area contributed by atoms with Crippen molar-refractivity contribution in [3.05, 3.63) is 20.8 Å². The number of hydrogen-bond donors (Lipinski definition) is 1. The zero-order valence-corrected chi connectivity index (χ0v) is 11.9. The molecule has 0 aromatic carbocycles. The van der Waals surface area contributed by atoms with Gasteiger partial charge >= 0.3 is 0 Å². The molecule has 2 nitrogen and oxygen atoms in total. The lowest BCUT2D eigenvalue weighted by atomic mass is 9.68. The molecule has 0 spiro atoms. The minimum absolute atomic E-state index is 0.0458. The Morgan fingerprint density at radius 1 is 1.56 bits per heavy atom. The first-order valence-electron chi connectivity index (χ1n) is 5.25. The van der Waals surface area contributed by atoms with Crippen LogP contribution in [0, 0.1) is 0 Å². The number of alkyl halides is 1. The highest BCUT2D eigenvalue weighted by Gasteiger charge is 2.39. The van der Waals surface area contributed by atoms with Gasteiger partial charge in [0.05, 0.1) is 3.79 Å². The molecule has 1 aromatic rings. The Balaban J connectivity index is 2.05. The van der Waals surface area contributed by atoms with Crippen molar-refractivity contribution in [2.24, 2.45) is 0 Å². The largest absolute Gasteiger partial charge is 0.354 e. The normalized spacial score (nSPS) is 17.9. The molecule has 0 atom stereocenters. The summed E-state index contributed by atoms with van der Waals surface area (Å²) in [6.45, 7) is 0.714. The average Bonchev–Trinajstić information content (AvgIpc) is 2.63. The maximum Gasteiger partial charge on any atom is 0.234 e. The highest BCUT2D eigenvalue weighted by atomic mass is 79.9. The van der Waals surface area contributed by atoms with Gasteiger partial charge in [0, 0.05) is 16.8 Å². The van der Waals surface area contributed by atoms with E-state index < -0.39 is 0 Å². The van der Waals surface area contributed by atoms with Gasteiger partial charge < -0.3 is 5.32 Å². The third kappa shape index (κ3) is 2.44. The number of carbonyl (C=O) groups is 1. The van der Waals surface area contributed by atoms with Crippen molar-refractivity contribution in [3.8, 4) is 0 Å². The van der Waals surface area contributed by atoms with Gasteiger partial charge in [0.15, 0.2) is 0 Å². The third-order valence-electron chi connectivity index (χ3n) is 3.15. The first-order chi connectivity index (χ1) is 7.66. The van der Waals surface area contributed by atoms with Gasteiger partial charge in [-0.2, -0.15) is 0 Å². The number of thiophene rings is 1. The molecular formula is C11H13BrClNOS. The fourth-order valence-electron chi connectivity index (χ4n) is 2.03. The lowest BCUT2D eigenvalue weighted by Crippen LogP contribution is -2.45. The highest BCUT2D eigenvalue weighted by Crippen LogP contribution is 2.46. The second-order valence-electron chi connectivity index (χ2n) is 4.15. The van der Waals surface area contributed by atoms with E-state index in [1.54, 1.807) is 11.3 Å². The Morgan fingerprint density at radius 3 is 2.75 bits per heavy atom. The second kappa shape index (κ2) is 5.07. The molecule has 0 radical (unpaired) electrons. The molecule has 0 aliphatic heterocycles. The van der Waals surface area contributed by atoms with Crippen LogP contribution in [-0.2, 0) is 10.2 Å². The maximum atomic E-state index is 11.2. The summed E-state index contributed by atoms with van der Waals surface area (Å²) in [7, 11) is 0. The molecular weight excluding hydrogens is 310 g/mol. The zero-order chi connectivity index (χ0) is 11.6. The van der Waals surface area contributed by atoms with Crippen LogP contribution >= 0.6 is 38.9 Å². The smallest absolute Gasteiger partial charge is 0.234 e. The van der Waals surface area contributed by atoms with Crippen molar-refractivity contribution in [1.82, 2.24) is 5.32 Å². The van der Waals surface area contributed by atoms with Crippen LogP contribution in [0.5, 0.6) is 0 Å². The van der Waals surface area contributed by atoms with E-state index in [1.807, 2.05) is 0 Å². The van der Waals surface area contributed by atoms with Crippen LogP contribution in [0.4, 0.5) is 0 Å². The van der Waals surface area contributed by atoms with Crippen molar-refractivity contribution < 1.29 is 4.79 Å². The summed E-state index contributed by atoms with van der Waals surface area (Å²) < 4.78 is 1.15. The van der Waals surface area contributed by atoms with Crippen LogP contribution in [0.25, 0.3) is 0 Å². The summed E-state index contributed by atoms with van der Waals surface area (Å²) in [5.41, 5.74) is 0.165. The van der Waals surface area contributed by atoms with E-state index in [0.717, 1.165) is 16.6 Å². The van der Waals surface area contributed by atoms with Gasteiger partial charge in [0.1, 0.15) is 5.88 Å². The monoisotopic (exact) mass is 321 g/mol. The van der Waals surface area contributed by atoms with Gasteiger partial charge in [-0.1, -0.05) is 6.42 Å². The molecule has 1 aliphatic carbocycles. The molecule has 1 aromatic heterocycles. The molecule has 2 rings (SSSR count). The molecule has 1 fully saturated rings. The maximum absolute atomic E-state index is 11.2. The minimum atomic E-state index is -0.0800. The van der Waals surface area contributed by atoms with E-state index in [4.69, 9.17) is 11.6 Å². The van der Waals surface area contributed by atoms with Gasteiger partial charge in [-0.3, -0.25) is 4.79 Å². The summed E-state index contributed by atoms with van der Waals surface area (Å²) in [5.74, 6) is -0.0342.